The van der Waals surface area contributed by atoms with Crippen LogP contribution in [0.2, 0.25) is 0 Å². The van der Waals surface area contributed by atoms with Gasteiger partial charge in [0.25, 0.3) is 5.91 Å². The number of likely N-dealkylation sites (tertiary alicyclic amines) is 1. The number of halogens is 1. The summed E-state index contributed by atoms with van der Waals surface area (Å²) in [5, 5.41) is 32.4. The van der Waals surface area contributed by atoms with E-state index in [1.807, 2.05) is 24.3 Å². The van der Waals surface area contributed by atoms with Gasteiger partial charge in [0.15, 0.2) is 12.0 Å². The van der Waals surface area contributed by atoms with Crippen molar-refractivity contribution in [1.29, 1.82) is 5.26 Å². The first kappa shape index (κ1) is 28.2. The van der Waals surface area contributed by atoms with E-state index in [-0.39, 0.29) is 36.9 Å². The second kappa shape index (κ2) is 12.4. The molecular formula is C29H32FN7O4. The number of β-amino-alcohol motifs (C(OH)–C–C–N with tert-alkyl or cyclic N) is 1. The molecule has 2 aromatic carbocycles. The normalized spacial score (nSPS) is 21.6. The highest BCUT2D eigenvalue weighted by Crippen LogP contribution is 2.29. The Kier molecular flexibility index (Phi) is 8.56. The molecule has 2 saturated heterocycles. The van der Waals surface area contributed by atoms with Crippen molar-refractivity contribution in [2.24, 2.45) is 0 Å². The van der Waals surface area contributed by atoms with E-state index in [4.69, 9.17) is 4.74 Å². The lowest BCUT2D eigenvalue weighted by atomic mass is 10.0. The Hall–Kier alpha value is -4.34. The summed E-state index contributed by atoms with van der Waals surface area (Å²) in [7, 11) is 0. The molecule has 2 aliphatic rings. The number of aromatic nitrogens is 3. The van der Waals surface area contributed by atoms with Gasteiger partial charge in [-0.05, 0) is 62.2 Å². The Morgan fingerprint density at radius 3 is 2.68 bits per heavy atom. The molecule has 2 aliphatic heterocycles. The second-order valence-electron chi connectivity index (χ2n) is 10.3. The number of hydrogen-bond acceptors (Lipinski definition) is 10. The molecule has 1 aromatic heterocycles. The van der Waals surface area contributed by atoms with Crippen molar-refractivity contribution in [3.63, 3.8) is 0 Å². The molecule has 4 atom stereocenters. The molecule has 214 valence electrons. The number of carbonyl (C=O) groups excluding carboxylic acids is 1. The molecule has 5 rings (SSSR count). The number of piperidine rings is 2. The summed E-state index contributed by atoms with van der Waals surface area (Å²) in [4.78, 5) is 28.4. The summed E-state index contributed by atoms with van der Waals surface area (Å²) in [5.41, 5.74) is 2.58. The number of aliphatic hydroxyl groups is 2. The number of benzene rings is 2. The van der Waals surface area contributed by atoms with Crippen LogP contribution in [-0.2, 0) is 4.79 Å². The van der Waals surface area contributed by atoms with Crippen LogP contribution >= 0.6 is 0 Å². The van der Waals surface area contributed by atoms with Gasteiger partial charge in [-0.2, -0.15) is 10.2 Å². The Labute approximate surface area is 237 Å². The highest BCUT2D eigenvalue weighted by Gasteiger charge is 2.34. The van der Waals surface area contributed by atoms with Crippen molar-refractivity contribution in [3.8, 4) is 23.2 Å². The van der Waals surface area contributed by atoms with Crippen molar-refractivity contribution < 1.29 is 24.1 Å². The molecule has 0 radical (unpaired) electrons. The first-order chi connectivity index (χ1) is 19.8. The van der Waals surface area contributed by atoms with Gasteiger partial charge in [0.2, 0.25) is 5.95 Å². The van der Waals surface area contributed by atoms with Gasteiger partial charge in [-0.3, -0.25) is 4.79 Å². The molecule has 11 nitrogen and oxygen atoms in total. The van der Waals surface area contributed by atoms with E-state index in [2.05, 4.69) is 31.2 Å². The van der Waals surface area contributed by atoms with Gasteiger partial charge in [-0.1, -0.05) is 0 Å². The van der Waals surface area contributed by atoms with Gasteiger partial charge in [-0.25, -0.2) is 14.4 Å². The second-order valence-corrected chi connectivity index (χ2v) is 10.3. The van der Waals surface area contributed by atoms with Crippen LogP contribution in [0.1, 0.15) is 31.7 Å². The summed E-state index contributed by atoms with van der Waals surface area (Å²) >= 11 is 0. The van der Waals surface area contributed by atoms with E-state index in [1.54, 1.807) is 18.2 Å². The fourth-order valence-corrected chi connectivity index (χ4v) is 5.07. The average molecular weight is 562 g/mol. The van der Waals surface area contributed by atoms with Crippen molar-refractivity contribution in [2.45, 2.75) is 50.7 Å². The van der Waals surface area contributed by atoms with Crippen LogP contribution in [0.5, 0.6) is 5.75 Å². The smallest absolute Gasteiger partial charge is 0.251 e. The quantitative estimate of drug-likeness (QED) is 0.393. The molecule has 0 spiro atoms. The lowest BCUT2D eigenvalue weighted by Crippen LogP contribution is -2.51. The minimum Gasteiger partial charge on any atom is -0.486 e. The van der Waals surface area contributed by atoms with E-state index in [0.717, 1.165) is 30.8 Å². The number of ether oxygens (including phenoxy) is 1. The summed E-state index contributed by atoms with van der Waals surface area (Å²) < 4.78 is 20.7. The predicted octanol–water partition coefficient (Wildman–Crippen LogP) is 2.81. The minimum atomic E-state index is -1.46. The van der Waals surface area contributed by atoms with Crippen LogP contribution in [0.3, 0.4) is 0 Å². The largest absolute Gasteiger partial charge is 0.486 e. The number of nitrogens with one attached hydrogen (secondary N) is 1. The first-order valence-electron chi connectivity index (χ1n) is 13.6. The summed E-state index contributed by atoms with van der Waals surface area (Å²) in [6.07, 6.45) is -0.394. The topological polar surface area (TPSA) is 148 Å². The van der Waals surface area contributed by atoms with Crippen LogP contribution in [0.4, 0.5) is 21.7 Å². The van der Waals surface area contributed by atoms with E-state index in [1.165, 1.54) is 18.2 Å². The average Bonchev–Trinajstić information content (AvgIpc) is 2.98. The molecule has 3 heterocycles. The molecule has 3 N–H and O–H groups in total. The summed E-state index contributed by atoms with van der Waals surface area (Å²) in [6.45, 7) is 2.95. The fourth-order valence-electron chi connectivity index (χ4n) is 5.07. The van der Waals surface area contributed by atoms with Crippen molar-refractivity contribution in [2.75, 3.05) is 36.4 Å². The van der Waals surface area contributed by atoms with Crippen molar-refractivity contribution in [3.05, 3.63) is 54.4 Å². The number of nitriles is 1. The molecule has 2 fully saturated rings. The molecule has 0 saturated carbocycles. The standard InChI is InChI=1S/C29H32FN7O4/c1-18(38)28(40)37-12-10-26(24(30)16-37)41-25-9-4-19(13-20(25)14-31)27-32-17-33-29(35-27)34-21-5-7-22(8-6-21)36-11-2-3-23(39)15-36/h4-9,13,17-18,23-24,26,38-39H,2-3,10-12,15-16H2,1H3,(H,32,33,34,35)/t18?,23?,24-,26+/m1/s1. The third-order valence-corrected chi connectivity index (χ3v) is 7.24. The Morgan fingerprint density at radius 1 is 1.17 bits per heavy atom. The van der Waals surface area contributed by atoms with Crippen LogP contribution in [-0.4, -0.2) is 86.6 Å². The van der Waals surface area contributed by atoms with Gasteiger partial charge in [0.1, 0.15) is 30.4 Å². The summed E-state index contributed by atoms with van der Waals surface area (Å²) in [5.74, 6) is 0.383. The monoisotopic (exact) mass is 561 g/mol. The highest BCUT2D eigenvalue weighted by atomic mass is 19.1. The van der Waals surface area contributed by atoms with E-state index in [9.17, 15) is 24.7 Å². The van der Waals surface area contributed by atoms with Gasteiger partial charge in [-0.15, -0.1) is 0 Å². The maximum absolute atomic E-state index is 14.8. The minimum absolute atomic E-state index is 0.181. The molecule has 41 heavy (non-hydrogen) atoms. The van der Waals surface area contributed by atoms with Crippen LogP contribution in [0, 0.1) is 11.3 Å². The zero-order valence-corrected chi connectivity index (χ0v) is 22.7. The zero-order valence-electron chi connectivity index (χ0n) is 22.7. The number of rotatable bonds is 7. The number of nitrogens with zero attached hydrogens (tertiary/aromatic N) is 6. The number of alkyl halides is 1. The van der Waals surface area contributed by atoms with Crippen LogP contribution in [0.25, 0.3) is 11.4 Å². The molecule has 2 unspecified atom stereocenters. The number of hydrogen-bond donors (Lipinski definition) is 3. The molecule has 1 amide bonds. The van der Waals surface area contributed by atoms with Crippen LogP contribution < -0.4 is 15.0 Å². The maximum Gasteiger partial charge on any atom is 0.251 e. The maximum atomic E-state index is 14.8. The van der Waals surface area contributed by atoms with E-state index >= 15 is 0 Å². The SMILES string of the molecule is CC(O)C(=O)N1CC[C@H](Oc2ccc(-c3ncnc(Nc4ccc(N5CCCC(O)C5)cc4)n3)cc2C#N)[C@H](F)C1. The zero-order chi connectivity index (χ0) is 28.9. The highest BCUT2D eigenvalue weighted by molar-refractivity contribution is 5.80. The molecule has 0 bridgehead atoms. The van der Waals surface area contributed by atoms with Crippen LogP contribution in [0.15, 0.2) is 48.8 Å². The Balaban J connectivity index is 1.25. The molecule has 12 heteroatoms. The molecular weight excluding hydrogens is 529 g/mol. The molecule has 0 aliphatic carbocycles. The predicted molar refractivity (Wildman–Crippen MR) is 149 cm³/mol. The Morgan fingerprint density at radius 2 is 1.98 bits per heavy atom. The lowest BCUT2D eigenvalue weighted by molar-refractivity contribution is -0.143. The van der Waals surface area contributed by atoms with Gasteiger partial charge < -0.3 is 30.1 Å². The number of amides is 1. The van der Waals surface area contributed by atoms with Crippen molar-refractivity contribution in [1.82, 2.24) is 19.9 Å². The number of carbonyl (C=O) groups is 1. The third kappa shape index (κ3) is 6.70. The van der Waals surface area contributed by atoms with Crippen molar-refractivity contribution >= 4 is 23.2 Å². The van der Waals surface area contributed by atoms with Gasteiger partial charge in [0.05, 0.1) is 18.2 Å². The fraction of sp³-hybridized carbons (Fsp3) is 0.414. The van der Waals surface area contributed by atoms with E-state index in [0.29, 0.717) is 23.9 Å². The number of aliphatic hydroxyl groups excluding tert-OH is 2. The first-order valence-corrected chi connectivity index (χ1v) is 13.6. The number of anilines is 3. The van der Waals surface area contributed by atoms with Gasteiger partial charge in [0, 0.05) is 43.0 Å². The summed E-state index contributed by atoms with van der Waals surface area (Å²) in [6, 6.07) is 14.7. The third-order valence-electron chi connectivity index (χ3n) is 7.24. The lowest BCUT2D eigenvalue weighted by Gasteiger charge is -2.35. The molecule has 3 aromatic rings. The Bertz CT molecular complexity index is 1420. The van der Waals surface area contributed by atoms with E-state index < -0.39 is 24.3 Å². The van der Waals surface area contributed by atoms with Gasteiger partial charge >= 0.3 is 0 Å².